The maximum atomic E-state index is 12.9. The molecule has 0 saturated heterocycles. The zero-order chi connectivity index (χ0) is 18.6. The number of rotatable bonds is 5. The van der Waals surface area contributed by atoms with Crippen molar-refractivity contribution in [3.8, 4) is 0 Å². The predicted octanol–water partition coefficient (Wildman–Crippen LogP) is 3.91. The fourth-order valence-electron chi connectivity index (χ4n) is 3.46. The van der Waals surface area contributed by atoms with Crippen molar-refractivity contribution in [3.63, 3.8) is 0 Å². The van der Waals surface area contributed by atoms with Crippen molar-refractivity contribution in [2.24, 2.45) is 0 Å². The van der Waals surface area contributed by atoms with Gasteiger partial charge >= 0.3 is 5.97 Å². The first-order chi connectivity index (χ1) is 13.2. The van der Waals surface area contributed by atoms with Gasteiger partial charge in [0.1, 0.15) is 18.8 Å². The lowest BCUT2D eigenvalue weighted by atomic mass is 9.96. The normalized spacial score (nSPS) is 19.4. The Bertz CT molecular complexity index is 894. The Kier molecular flexibility index (Phi) is 5.34. The fraction of sp³-hybridized carbons (Fsp3) is 0.227. The van der Waals surface area contributed by atoms with E-state index >= 15 is 0 Å². The van der Waals surface area contributed by atoms with E-state index in [2.05, 4.69) is 0 Å². The Morgan fingerprint density at radius 2 is 1.70 bits per heavy atom. The molecule has 2 unspecified atom stereocenters. The molecule has 0 bridgehead atoms. The SMILES string of the molecule is O=C(OCc1ccccc1)C1C(O)c2ccsc2CN1Cc1ccccc1. The Hall–Kier alpha value is -2.47. The van der Waals surface area contributed by atoms with Crippen molar-refractivity contribution >= 4 is 17.3 Å². The second-order valence-corrected chi connectivity index (χ2v) is 7.67. The van der Waals surface area contributed by atoms with E-state index in [0.29, 0.717) is 13.1 Å². The molecule has 5 heteroatoms. The van der Waals surface area contributed by atoms with Crippen LogP contribution >= 0.6 is 11.3 Å². The molecule has 1 N–H and O–H groups in total. The van der Waals surface area contributed by atoms with Crippen LogP contribution < -0.4 is 0 Å². The minimum atomic E-state index is -0.882. The Balaban J connectivity index is 1.55. The largest absolute Gasteiger partial charge is 0.460 e. The maximum absolute atomic E-state index is 12.9. The van der Waals surface area contributed by atoms with E-state index in [0.717, 1.165) is 21.6 Å². The van der Waals surface area contributed by atoms with Crippen LogP contribution in [0.1, 0.15) is 27.7 Å². The zero-order valence-electron chi connectivity index (χ0n) is 14.8. The highest BCUT2D eigenvalue weighted by molar-refractivity contribution is 7.10. The number of thiophene rings is 1. The van der Waals surface area contributed by atoms with E-state index in [1.165, 1.54) is 0 Å². The van der Waals surface area contributed by atoms with Gasteiger partial charge in [-0.05, 0) is 28.1 Å². The average molecular weight is 379 g/mol. The molecule has 27 heavy (non-hydrogen) atoms. The van der Waals surface area contributed by atoms with Crippen LogP contribution in [0.4, 0.5) is 0 Å². The highest BCUT2D eigenvalue weighted by Crippen LogP contribution is 2.36. The van der Waals surface area contributed by atoms with E-state index in [1.807, 2.05) is 77.0 Å². The lowest BCUT2D eigenvalue weighted by molar-refractivity contribution is -0.158. The van der Waals surface area contributed by atoms with Gasteiger partial charge in [0.2, 0.25) is 0 Å². The summed E-state index contributed by atoms with van der Waals surface area (Å²) in [6.07, 6.45) is -0.882. The van der Waals surface area contributed by atoms with Crippen LogP contribution in [0, 0.1) is 0 Å². The molecule has 2 heterocycles. The predicted molar refractivity (Wildman–Crippen MR) is 105 cm³/mol. The first-order valence-corrected chi connectivity index (χ1v) is 9.83. The molecule has 2 aromatic carbocycles. The second kappa shape index (κ2) is 8.05. The van der Waals surface area contributed by atoms with Crippen molar-refractivity contribution in [2.45, 2.75) is 31.8 Å². The lowest BCUT2D eigenvalue weighted by Crippen LogP contribution is -2.48. The van der Waals surface area contributed by atoms with Crippen molar-refractivity contribution in [1.82, 2.24) is 4.90 Å². The van der Waals surface area contributed by atoms with Gasteiger partial charge in [0, 0.05) is 18.0 Å². The van der Waals surface area contributed by atoms with Gasteiger partial charge in [0.05, 0.1) is 0 Å². The molecule has 1 aliphatic heterocycles. The molecule has 4 rings (SSSR count). The summed E-state index contributed by atoms with van der Waals surface area (Å²) in [6, 6.07) is 20.8. The molecule has 138 valence electrons. The van der Waals surface area contributed by atoms with Crippen molar-refractivity contribution in [2.75, 3.05) is 0 Å². The quantitative estimate of drug-likeness (QED) is 0.683. The smallest absolute Gasteiger partial charge is 0.326 e. The highest BCUT2D eigenvalue weighted by atomic mass is 32.1. The van der Waals surface area contributed by atoms with Crippen LogP contribution in [0.25, 0.3) is 0 Å². The number of esters is 1. The minimum Gasteiger partial charge on any atom is -0.460 e. The summed E-state index contributed by atoms with van der Waals surface area (Å²) in [5.74, 6) is -0.390. The molecular weight excluding hydrogens is 358 g/mol. The van der Waals surface area contributed by atoms with E-state index in [9.17, 15) is 9.90 Å². The fourth-order valence-corrected chi connectivity index (χ4v) is 4.40. The number of ether oxygens (including phenoxy) is 1. The number of fused-ring (bicyclic) bond motifs is 1. The van der Waals surface area contributed by atoms with Crippen LogP contribution in [-0.4, -0.2) is 22.0 Å². The molecule has 0 amide bonds. The number of aliphatic hydroxyl groups excluding tert-OH is 1. The number of hydrogen-bond donors (Lipinski definition) is 1. The molecule has 1 aliphatic rings. The topological polar surface area (TPSA) is 49.8 Å². The number of carbonyl (C=O) groups is 1. The van der Waals surface area contributed by atoms with E-state index < -0.39 is 12.1 Å². The van der Waals surface area contributed by atoms with E-state index in [1.54, 1.807) is 11.3 Å². The lowest BCUT2D eigenvalue weighted by Gasteiger charge is -2.37. The minimum absolute atomic E-state index is 0.207. The molecule has 1 aromatic heterocycles. The number of benzene rings is 2. The molecular formula is C22H21NO3S. The van der Waals surface area contributed by atoms with Gasteiger partial charge in [-0.3, -0.25) is 9.69 Å². The summed E-state index contributed by atoms with van der Waals surface area (Å²) < 4.78 is 5.56. The standard InChI is InChI=1S/C22H21NO3S/c24-21-18-11-12-27-19(18)14-23(13-16-7-3-1-4-8-16)20(21)22(25)26-15-17-9-5-2-6-10-17/h1-12,20-21,24H,13-15H2. The summed E-state index contributed by atoms with van der Waals surface area (Å²) in [5.41, 5.74) is 2.87. The van der Waals surface area contributed by atoms with Gasteiger partial charge in [-0.1, -0.05) is 60.7 Å². The highest BCUT2D eigenvalue weighted by Gasteiger charge is 2.40. The van der Waals surface area contributed by atoms with Gasteiger partial charge in [0.15, 0.2) is 0 Å². The molecule has 0 radical (unpaired) electrons. The molecule has 0 spiro atoms. The third-order valence-electron chi connectivity index (χ3n) is 4.83. The van der Waals surface area contributed by atoms with Crippen LogP contribution in [0.2, 0.25) is 0 Å². The summed E-state index contributed by atoms with van der Waals surface area (Å²) in [5, 5.41) is 12.9. The van der Waals surface area contributed by atoms with Crippen molar-refractivity contribution in [3.05, 3.63) is 93.7 Å². The van der Waals surface area contributed by atoms with Gasteiger partial charge in [-0.25, -0.2) is 0 Å². The van der Waals surface area contributed by atoms with Crippen LogP contribution in [0.15, 0.2) is 72.1 Å². The van der Waals surface area contributed by atoms with Crippen LogP contribution in [-0.2, 0) is 29.2 Å². The van der Waals surface area contributed by atoms with E-state index in [-0.39, 0.29) is 12.6 Å². The van der Waals surface area contributed by atoms with Crippen LogP contribution in [0.3, 0.4) is 0 Å². The molecule has 4 nitrogen and oxygen atoms in total. The average Bonchev–Trinajstić information content (AvgIpc) is 3.17. The third kappa shape index (κ3) is 3.95. The molecule has 0 aliphatic carbocycles. The monoisotopic (exact) mass is 379 g/mol. The third-order valence-corrected chi connectivity index (χ3v) is 5.75. The van der Waals surface area contributed by atoms with E-state index in [4.69, 9.17) is 4.74 Å². The van der Waals surface area contributed by atoms with Crippen molar-refractivity contribution < 1.29 is 14.6 Å². The first kappa shape index (κ1) is 17.9. The molecule has 0 saturated carbocycles. The summed E-state index contributed by atoms with van der Waals surface area (Å²) in [6.45, 7) is 1.42. The Morgan fingerprint density at radius 3 is 2.41 bits per heavy atom. The number of carbonyl (C=O) groups excluding carboxylic acids is 1. The first-order valence-electron chi connectivity index (χ1n) is 8.95. The number of nitrogens with zero attached hydrogens (tertiary/aromatic N) is 1. The van der Waals surface area contributed by atoms with Crippen molar-refractivity contribution in [1.29, 1.82) is 0 Å². The second-order valence-electron chi connectivity index (χ2n) is 6.67. The summed E-state index contributed by atoms with van der Waals surface area (Å²) >= 11 is 1.61. The summed E-state index contributed by atoms with van der Waals surface area (Å²) in [4.78, 5) is 16.0. The van der Waals surface area contributed by atoms with Gasteiger partial charge in [-0.2, -0.15) is 0 Å². The zero-order valence-corrected chi connectivity index (χ0v) is 15.6. The number of hydrogen-bond acceptors (Lipinski definition) is 5. The molecule has 3 aromatic rings. The maximum Gasteiger partial charge on any atom is 0.326 e. The molecule has 2 atom stereocenters. The Morgan fingerprint density at radius 1 is 1.04 bits per heavy atom. The van der Waals surface area contributed by atoms with Gasteiger partial charge in [-0.15, -0.1) is 11.3 Å². The van der Waals surface area contributed by atoms with Gasteiger partial charge in [0.25, 0.3) is 0 Å². The van der Waals surface area contributed by atoms with Gasteiger partial charge < -0.3 is 9.84 Å². The van der Waals surface area contributed by atoms with Crippen LogP contribution in [0.5, 0.6) is 0 Å². The number of aliphatic hydroxyl groups is 1. The molecule has 0 fully saturated rings. The Labute approximate surface area is 162 Å². The summed E-state index contributed by atoms with van der Waals surface area (Å²) in [7, 11) is 0.